The number of hydrogen-bond donors (Lipinski definition) is 1. The van der Waals surface area contributed by atoms with Gasteiger partial charge in [0.1, 0.15) is 5.60 Å². The number of nitrogens with zero attached hydrogens (tertiary/aromatic N) is 1. The maximum atomic E-state index is 12.4. The molecule has 1 amide bonds. The minimum absolute atomic E-state index is 0.0289. The molecule has 0 aromatic carbocycles. The van der Waals surface area contributed by atoms with E-state index in [4.69, 9.17) is 9.84 Å². The zero-order valence-corrected chi connectivity index (χ0v) is 13.2. The monoisotopic (exact) mass is 271 g/mol. The van der Waals surface area contributed by atoms with Crippen molar-refractivity contribution in [2.45, 2.75) is 78.5 Å². The summed E-state index contributed by atoms with van der Waals surface area (Å²) in [5.74, 6) is 0. The van der Waals surface area contributed by atoms with Crippen molar-refractivity contribution in [1.29, 1.82) is 0 Å². The second kappa shape index (κ2) is 5.70. The molecule has 1 N–H and O–H groups in total. The summed E-state index contributed by atoms with van der Waals surface area (Å²) in [6.07, 6.45) is 2.31. The summed E-state index contributed by atoms with van der Waals surface area (Å²) in [7, 11) is 0. The molecule has 0 spiro atoms. The lowest BCUT2D eigenvalue weighted by Gasteiger charge is -2.38. The van der Waals surface area contributed by atoms with E-state index in [2.05, 4.69) is 20.8 Å². The fourth-order valence-electron chi connectivity index (χ4n) is 2.76. The van der Waals surface area contributed by atoms with Gasteiger partial charge >= 0.3 is 6.09 Å². The van der Waals surface area contributed by atoms with Crippen molar-refractivity contribution in [3.63, 3.8) is 0 Å². The molecule has 1 rings (SSSR count). The molecule has 4 heteroatoms. The number of ether oxygens (including phenoxy) is 1. The van der Waals surface area contributed by atoms with Crippen molar-refractivity contribution < 1.29 is 14.6 Å². The number of aliphatic hydroxyl groups is 1. The summed E-state index contributed by atoms with van der Waals surface area (Å²) in [6.45, 7) is 12.2. The fraction of sp³-hybridized carbons (Fsp3) is 0.933. The summed E-state index contributed by atoms with van der Waals surface area (Å²) in [5.41, 5.74) is -0.451. The molecule has 1 unspecified atom stereocenters. The lowest BCUT2D eigenvalue weighted by Crippen LogP contribution is -2.49. The molecule has 0 bridgehead atoms. The molecule has 1 fully saturated rings. The highest BCUT2D eigenvalue weighted by atomic mass is 16.6. The molecule has 0 aromatic rings. The van der Waals surface area contributed by atoms with Crippen LogP contribution in [0.2, 0.25) is 0 Å². The summed E-state index contributed by atoms with van der Waals surface area (Å²) in [6, 6.07) is 0.281. The van der Waals surface area contributed by atoms with Crippen LogP contribution in [0.25, 0.3) is 0 Å². The second-order valence-corrected chi connectivity index (χ2v) is 7.51. The van der Waals surface area contributed by atoms with Crippen LogP contribution in [0, 0.1) is 5.41 Å². The molecule has 1 aliphatic rings. The first-order valence-corrected chi connectivity index (χ1v) is 7.18. The molecule has 112 valence electrons. The lowest BCUT2D eigenvalue weighted by atomic mass is 9.85. The van der Waals surface area contributed by atoms with E-state index in [1.54, 1.807) is 0 Å². The Labute approximate surface area is 117 Å². The Morgan fingerprint density at radius 1 is 1.21 bits per heavy atom. The van der Waals surface area contributed by atoms with Crippen LogP contribution in [0.1, 0.15) is 60.8 Å². The Hall–Kier alpha value is -0.770. The smallest absolute Gasteiger partial charge is 0.410 e. The molecule has 2 atom stereocenters. The average molecular weight is 271 g/mol. The van der Waals surface area contributed by atoms with E-state index in [0.29, 0.717) is 6.42 Å². The van der Waals surface area contributed by atoms with Crippen molar-refractivity contribution in [2.75, 3.05) is 6.61 Å². The van der Waals surface area contributed by atoms with Crippen LogP contribution in [0.4, 0.5) is 4.79 Å². The average Bonchev–Trinajstić information content (AvgIpc) is 2.58. The van der Waals surface area contributed by atoms with E-state index >= 15 is 0 Å². The van der Waals surface area contributed by atoms with E-state index in [1.807, 2.05) is 25.7 Å². The maximum absolute atomic E-state index is 12.4. The maximum Gasteiger partial charge on any atom is 0.410 e. The van der Waals surface area contributed by atoms with Gasteiger partial charge in [-0.3, -0.25) is 0 Å². The first-order valence-electron chi connectivity index (χ1n) is 7.18. The first-order chi connectivity index (χ1) is 8.56. The number of carbonyl (C=O) groups is 1. The third kappa shape index (κ3) is 4.37. The standard InChI is InChI=1S/C15H29NO3/c1-14(2,3)12-8-7-11(9-10-17)16(12)13(18)19-15(4,5)6/h11-12,17H,7-10H2,1-6H3/t11?,12-/m0/s1. The van der Waals surface area contributed by atoms with Crippen LogP contribution in [0.15, 0.2) is 0 Å². The van der Waals surface area contributed by atoms with Gasteiger partial charge in [0.05, 0.1) is 0 Å². The SMILES string of the molecule is CC(C)(C)OC(=O)N1C(CCO)CC[C@H]1C(C)(C)C. The molecular formula is C15H29NO3. The van der Waals surface area contributed by atoms with Gasteiger partial charge in [-0.15, -0.1) is 0 Å². The van der Waals surface area contributed by atoms with Crippen molar-refractivity contribution in [3.8, 4) is 0 Å². The fourth-order valence-corrected chi connectivity index (χ4v) is 2.76. The summed E-state index contributed by atoms with van der Waals surface area (Å²) in [4.78, 5) is 14.3. The number of likely N-dealkylation sites (tertiary alicyclic amines) is 1. The van der Waals surface area contributed by atoms with Crippen molar-refractivity contribution in [2.24, 2.45) is 5.41 Å². The predicted molar refractivity (Wildman–Crippen MR) is 76.0 cm³/mol. The third-order valence-corrected chi connectivity index (χ3v) is 3.57. The van der Waals surface area contributed by atoms with Gasteiger partial charge in [-0.25, -0.2) is 4.79 Å². The zero-order chi connectivity index (χ0) is 14.8. The van der Waals surface area contributed by atoms with Crippen LogP contribution in [0.5, 0.6) is 0 Å². The second-order valence-electron chi connectivity index (χ2n) is 7.51. The van der Waals surface area contributed by atoms with Crippen LogP contribution in [0.3, 0.4) is 0 Å². The molecule has 0 saturated carbocycles. The van der Waals surface area contributed by atoms with Gasteiger partial charge in [-0.1, -0.05) is 20.8 Å². The van der Waals surface area contributed by atoms with Gasteiger partial charge in [0, 0.05) is 18.7 Å². The summed E-state index contributed by atoms with van der Waals surface area (Å²) < 4.78 is 5.53. The molecule has 1 aliphatic heterocycles. The van der Waals surface area contributed by atoms with Crippen molar-refractivity contribution >= 4 is 6.09 Å². The van der Waals surface area contributed by atoms with Gasteiger partial charge in [-0.05, 0) is 45.4 Å². The Balaban J connectivity index is 2.89. The third-order valence-electron chi connectivity index (χ3n) is 3.57. The van der Waals surface area contributed by atoms with Crippen LogP contribution in [-0.2, 0) is 4.74 Å². The molecule has 0 aromatic heterocycles. The van der Waals surface area contributed by atoms with Crippen LogP contribution >= 0.6 is 0 Å². The normalized spacial score (nSPS) is 24.7. The Bertz CT molecular complexity index is 314. The van der Waals surface area contributed by atoms with E-state index in [-0.39, 0.29) is 30.2 Å². The number of hydrogen-bond acceptors (Lipinski definition) is 3. The largest absolute Gasteiger partial charge is 0.444 e. The Morgan fingerprint density at radius 3 is 2.21 bits per heavy atom. The molecule has 19 heavy (non-hydrogen) atoms. The minimum atomic E-state index is -0.480. The van der Waals surface area contributed by atoms with E-state index in [1.165, 1.54) is 0 Å². The minimum Gasteiger partial charge on any atom is -0.444 e. The molecule has 4 nitrogen and oxygen atoms in total. The van der Waals surface area contributed by atoms with E-state index in [0.717, 1.165) is 12.8 Å². The predicted octanol–water partition coefficient (Wildman–Crippen LogP) is 3.18. The number of carbonyl (C=O) groups excluding carboxylic acids is 1. The topological polar surface area (TPSA) is 49.8 Å². The highest BCUT2D eigenvalue weighted by Crippen LogP contribution is 2.38. The van der Waals surface area contributed by atoms with E-state index in [9.17, 15) is 4.79 Å². The quantitative estimate of drug-likeness (QED) is 0.839. The molecule has 0 aliphatic carbocycles. The van der Waals surface area contributed by atoms with E-state index < -0.39 is 5.60 Å². The lowest BCUT2D eigenvalue weighted by molar-refractivity contribution is 0.000762. The molecule has 0 radical (unpaired) electrons. The highest BCUT2D eigenvalue weighted by molar-refractivity contribution is 5.69. The van der Waals surface area contributed by atoms with Crippen molar-refractivity contribution in [3.05, 3.63) is 0 Å². The van der Waals surface area contributed by atoms with Crippen LogP contribution < -0.4 is 0 Å². The van der Waals surface area contributed by atoms with Gasteiger partial charge in [0.2, 0.25) is 0 Å². The first kappa shape index (κ1) is 16.3. The van der Waals surface area contributed by atoms with Crippen molar-refractivity contribution in [1.82, 2.24) is 4.90 Å². The molecule has 1 heterocycles. The van der Waals surface area contributed by atoms with Crippen LogP contribution in [-0.4, -0.2) is 40.4 Å². The zero-order valence-electron chi connectivity index (χ0n) is 13.2. The summed E-state index contributed by atoms with van der Waals surface area (Å²) >= 11 is 0. The molecule has 1 saturated heterocycles. The number of amides is 1. The number of aliphatic hydroxyl groups excluding tert-OH is 1. The molecular weight excluding hydrogens is 242 g/mol. The Morgan fingerprint density at radius 2 is 1.79 bits per heavy atom. The Kier molecular flexibility index (Phi) is 4.88. The van der Waals surface area contributed by atoms with Gasteiger partial charge in [-0.2, -0.15) is 0 Å². The summed E-state index contributed by atoms with van der Waals surface area (Å²) in [5, 5.41) is 9.17. The van der Waals surface area contributed by atoms with Gasteiger partial charge < -0.3 is 14.7 Å². The number of rotatable bonds is 2. The van der Waals surface area contributed by atoms with Gasteiger partial charge in [0.25, 0.3) is 0 Å². The van der Waals surface area contributed by atoms with Gasteiger partial charge in [0.15, 0.2) is 0 Å². The highest BCUT2D eigenvalue weighted by Gasteiger charge is 2.43.